The number of benzene rings is 1. The van der Waals surface area contributed by atoms with E-state index in [1.807, 2.05) is 45.9 Å². The monoisotopic (exact) mass is 409 g/mol. The highest BCUT2D eigenvalue weighted by Crippen LogP contribution is 2.34. The maximum Gasteiger partial charge on any atom is 0.250 e. The minimum atomic E-state index is -0.252. The molecule has 2 aliphatic heterocycles. The third-order valence-electron chi connectivity index (χ3n) is 5.54. The number of carbonyl (C=O) groups excluding carboxylic acids is 1. The molecule has 3 heterocycles. The lowest BCUT2D eigenvalue weighted by Crippen LogP contribution is -2.52. The van der Waals surface area contributed by atoms with E-state index < -0.39 is 0 Å². The van der Waals surface area contributed by atoms with Gasteiger partial charge in [0.2, 0.25) is 5.91 Å². The molecular weight excluding hydrogens is 386 g/mol. The van der Waals surface area contributed by atoms with E-state index in [2.05, 4.69) is 5.32 Å². The van der Waals surface area contributed by atoms with E-state index >= 15 is 0 Å². The van der Waals surface area contributed by atoms with Crippen LogP contribution in [0.2, 0.25) is 0 Å². The van der Waals surface area contributed by atoms with Crippen LogP contribution in [-0.4, -0.2) is 40.7 Å². The van der Waals surface area contributed by atoms with Crippen molar-refractivity contribution in [1.82, 2.24) is 14.8 Å². The van der Waals surface area contributed by atoms with Gasteiger partial charge in [0.25, 0.3) is 5.56 Å². The average Bonchev–Trinajstić information content (AvgIpc) is 2.73. The normalized spacial score (nSPS) is 20.2. The summed E-state index contributed by atoms with van der Waals surface area (Å²) in [5.74, 6) is 1.12. The lowest BCUT2D eigenvalue weighted by molar-refractivity contribution is -0.115. The van der Waals surface area contributed by atoms with Gasteiger partial charge in [-0.05, 0) is 54.4 Å². The summed E-state index contributed by atoms with van der Waals surface area (Å²) in [6.07, 6.45) is 4.27. The zero-order valence-corrected chi connectivity index (χ0v) is 17.0. The minimum Gasteiger partial charge on any atom is -0.497 e. The summed E-state index contributed by atoms with van der Waals surface area (Å²) in [6.45, 7) is 2.16. The smallest absolute Gasteiger partial charge is 0.250 e. The predicted molar refractivity (Wildman–Crippen MR) is 116 cm³/mol. The molecule has 150 valence electrons. The maximum absolute atomic E-state index is 12.3. The number of methoxy groups -OCH3 is 1. The highest BCUT2D eigenvalue weighted by Gasteiger charge is 2.35. The largest absolute Gasteiger partial charge is 0.497 e. The molecule has 1 aromatic heterocycles. The van der Waals surface area contributed by atoms with Crippen molar-refractivity contribution < 1.29 is 9.53 Å². The number of aromatic nitrogens is 1. The van der Waals surface area contributed by atoms with E-state index in [4.69, 9.17) is 17.0 Å². The van der Waals surface area contributed by atoms with Crippen molar-refractivity contribution in [2.45, 2.75) is 18.9 Å². The number of piperidine rings is 1. The van der Waals surface area contributed by atoms with Crippen LogP contribution >= 0.6 is 12.2 Å². The Kier molecular flexibility index (Phi) is 5.49. The molecule has 0 saturated carbocycles. The Hall–Kier alpha value is -2.93. The van der Waals surface area contributed by atoms with E-state index in [0.717, 1.165) is 30.0 Å². The Balaban J connectivity index is 1.38. The summed E-state index contributed by atoms with van der Waals surface area (Å²) >= 11 is 5.49. The van der Waals surface area contributed by atoms with E-state index in [0.29, 0.717) is 24.1 Å². The Morgan fingerprint density at radius 2 is 1.97 bits per heavy atom. The number of thiocarbonyl (C=S) groups is 1. The summed E-state index contributed by atoms with van der Waals surface area (Å²) < 4.78 is 7.01. The summed E-state index contributed by atoms with van der Waals surface area (Å²) in [6, 6.07) is 12.9. The van der Waals surface area contributed by atoms with Gasteiger partial charge >= 0.3 is 0 Å². The zero-order chi connectivity index (χ0) is 20.4. The number of ether oxygens (including phenoxy) is 1. The van der Waals surface area contributed by atoms with Gasteiger partial charge < -0.3 is 14.2 Å². The third kappa shape index (κ3) is 4.24. The summed E-state index contributed by atoms with van der Waals surface area (Å²) in [5.41, 5.74) is 2.03. The number of likely N-dealkylation sites (tertiary alicyclic amines) is 1. The molecule has 7 heteroatoms. The molecule has 0 spiro atoms. The van der Waals surface area contributed by atoms with Crippen molar-refractivity contribution in [2.75, 3.05) is 20.2 Å². The second-order valence-corrected chi connectivity index (χ2v) is 7.89. The van der Waals surface area contributed by atoms with E-state index in [1.54, 1.807) is 19.3 Å². The zero-order valence-electron chi connectivity index (χ0n) is 16.2. The number of carbonyl (C=O) groups is 1. The second-order valence-electron chi connectivity index (χ2n) is 7.50. The van der Waals surface area contributed by atoms with Crippen LogP contribution in [0, 0.1) is 5.92 Å². The van der Waals surface area contributed by atoms with Crippen LogP contribution in [0.15, 0.2) is 53.3 Å². The number of fused-ring (bicyclic) bond motifs is 4. The van der Waals surface area contributed by atoms with Crippen LogP contribution in [0.25, 0.3) is 6.08 Å². The quantitative estimate of drug-likeness (QED) is 0.623. The molecule has 0 radical (unpaired) electrons. The van der Waals surface area contributed by atoms with Crippen LogP contribution in [0.4, 0.5) is 0 Å². The number of hydrogen-bond acceptors (Lipinski definition) is 4. The first-order valence-corrected chi connectivity index (χ1v) is 10.1. The molecule has 29 heavy (non-hydrogen) atoms. The van der Waals surface area contributed by atoms with Crippen molar-refractivity contribution in [3.05, 3.63) is 70.2 Å². The van der Waals surface area contributed by atoms with Gasteiger partial charge in [-0.1, -0.05) is 18.2 Å². The van der Waals surface area contributed by atoms with Gasteiger partial charge in [-0.15, -0.1) is 0 Å². The second kappa shape index (κ2) is 8.21. The molecule has 1 saturated heterocycles. The molecule has 2 atom stereocenters. The van der Waals surface area contributed by atoms with E-state index in [9.17, 15) is 9.59 Å². The fourth-order valence-electron chi connectivity index (χ4n) is 4.18. The van der Waals surface area contributed by atoms with Crippen molar-refractivity contribution in [1.29, 1.82) is 0 Å². The minimum absolute atomic E-state index is 0.0604. The summed E-state index contributed by atoms with van der Waals surface area (Å²) in [4.78, 5) is 26.5. The molecule has 2 aliphatic rings. The van der Waals surface area contributed by atoms with Crippen LogP contribution in [0.5, 0.6) is 5.75 Å². The Bertz CT molecular complexity index is 1010. The number of amides is 1. The molecule has 1 fully saturated rings. The van der Waals surface area contributed by atoms with Crippen molar-refractivity contribution in [3.63, 3.8) is 0 Å². The highest BCUT2D eigenvalue weighted by molar-refractivity contribution is 7.80. The first kappa shape index (κ1) is 19.4. The molecule has 6 nitrogen and oxygen atoms in total. The molecule has 1 aromatic carbocycles. The molecule has 4 rings (SSSR count). The van der Waals surface area contributed by atoms with Gasteiger partial charge in [-0.25, -0.2) is 0 Å². The van der Waals surface area contributed by atoms with Crippen LogP contribution < -0.4 is 15.6 Å². The Labute approximate surface area is 174 Å². The number of nitrogens with zero attached hydrogens (tertiary/aromatic N) is 2. The first-order chi connectivity index (χ1) is 14.0. The highest BCUT2D eigenvalue weighted by atomic mass is 32.1. The SMILES string of the molecule is COc1ccc(/C=C/C(=O)NC(=S)N2C[C@@H]3C[C@H](C2)c2cccc(=O)n2C3)cc1. The molecule has 2 bridgehead atoms. The number of rotatable bonds is 3. The maximum atomic E-state index is 12.3. The van der Waals surface area contributed by atoms with Crippen LogP contribution in [0.1, 0.15) is 23.6 Å². The van der Waals surface area contributed by atoms with E-state index in [1.165, 1.54) is 6.08 Å². The number of hydrogen-bond donors (Lipinski definition) is 1. The summed E-state index contributed by atoms with van der Waals surface area (Å²) in [5, 5.41) is 3.25. The van der Waals surface area contributed by atoms with Crippen molar-refractivity contribution in [3.8, 4) is 5.75 Å². The van der Waals surface area contributed by atoms with Gasteiger partial charge in [-0.3, -0.25) is 14.9 Å². The Morgan fingerprint density at radius 1 is 1.17 bits per heavy atom. The molecule has 1 N–H and O–H groups in total. The van der Waals surface area contributed by atoms with Crippen molar-refractivity contribution >= 4 is 29.3 Å². The van der Waals surface area contributed by atoms with Gasteiger partial charge in [0.1, 0.15) is 5.75 Å². The lowest BCUT2D eigenvalue weighted by atomic mass is 9.83. The van der Waals surface area contributed by atoms with Crippen LogP contribution in [0.3, 0.4) is 0 Å². The molecule has 0 aliphatic carbocycles. The average molecular weight is 410 g/mol. The van der Waals surface area contributed by atoms with Crippen molar-refractivity contribution in [2.24, 2.45) is 5.92 Å². The Morgan fingerprint density at radius 3 is 2.72 bits per heavy atom. The predicted octanol–water partition coefficient (Wildman–Crippen LogP) is 2.39. The van der Waals surface area contributed by atoms with E-state index in [-0.39, 0.29) is 17.4 Å². The third-order valence-corrected chi connectivity index (χ3v) is 5.90. The van der Waals surface area contributed by atoms with Gasteiger partial charge in [0.15, 0.2) is 5.11 Å². The van der Waals surface area contributed by atoms with Gasteiger partial charge in [0.05, 0.1) is 7.11 Å². The lowest BCUT2D eigenvalue weighted by Gasteiger charge is -2.43. The molecular formula is C22H23N3O3S. The number of pyridine rings is 1. The van der Waals surface area contributed by atoms with Crippen LogP contribution in [-0.2, 0) is 11.3 Å². The van der Waals surface area contributed by atoms with Gasteiger partial charge in [-0.2, -0.15) is 0 Å². The fraction of sp³-hybridized carbons (Fsp3) is 0.318. The molecule has 0 unspecified atom stereocenters. The standard InChI is InChI=1S/C22H23N3O3S/c1-28-18-8-5-15(6-9-18)7-10-20(26)23-22(29)24-12-16-11-17(14-24)19-3-2-4-21(27)25(19)13-16/h2-10,16-17H,11-14H2,1H3,(H,23,26,29)/b10-7+/t16-,17+/m0/s1. The first-order valence-electron chi connectivity index (χ1n) is 9.65. The number of nitrogens with one attached hydrogen (secondary N) is 1. The fourth-order valence-corrected chi connectivity index (χ4v) is 4.43. The van der Waals surface area contributed by atoms with Gasteiger partial charge in [0, 0.05) is 43.4 Å². The topological polar surface area (TPSA) is 63.6 Å². The molecule has 2 aromatic rings. The summed E-state index contributed by atoms with van der Waals surface area (Å²) in [7, 11) is 1.62. The molecule has 1 amide bonds.